The van der Waals surface area contributed by atoms with E-state index in [4.69, 9.17) is 11.6 Å². The molecule has 0 N–H and O–H groups in total. The largest absolute Gasteiger partial charge is 0.545 e. The normalized spacial score (nSPS) is 13.5. The summed E-state index contributed by atoms with van der Waals surface area (Å²) >= 11 is 5.71. The number of carboxylic acids is 1. The summed E-state index contributed by atoms with van der Waals surface area (Å²) in [5.41, 5.74) is -0.0268. The number of hydrogen-bond acceptors (Lipinski definition) is 5. The summed E-state index contributed by atoms with van der Waals surface area (Å²) in [5, 5.41) is 11.2. The molecule has 1 aromatic heterocycles. The zero-order valence-electron chi connectivity index (χ0n) is 10.4. The number of nitrogens with zero attached hydrogens (tertiary/aromatic N) is 2. The third-order valence-corrected chi connectivity index (χ3v) is 3.29. The summed E-state index contributed by atoms with van der Waals surface area (Å²) in [6.07, 6.45) is 1.31. The van der Waals surface area contributed by atoms with Crippen LogP contribution in [-0.2, 0) is 0 Å². The van der Waals surface area contributed by atoms with Crippen LogP contribution in [0.15, 0.2) is 36.5 Å². The van der Waals surface area contributed by atoms with Crippen LogP contribution < -0.4 is 10.0 Å². The number of amides is 2. The van der Waals surface area contributed by atoms with E-state index < -0.39 is 17.8 Å². The topological polar surface area (TPSA) is 90.4 Å². The van der Waals surface area contributed by atoms with Gasteiger partial charge in [0.25, 0.3) is 11.8 Å². The highest BCUT2D eigenvalue weighted by molar-refractivity contribution is 6.34. The number of carbonyl (C=O) groups excluding carboxylic acids is 3. The fraction of sp³-hybridized carbons (Fsp3) is 0. The fourth-order valence-corrected chi connectivity index (χ4v) is 2.19. The highest BCUT2D eigenvalue weighted by Crippen LogP contribution is 2.28. The van der Waals surface area contributed by atoms with Gasteiger partial charge in [-0.25, -0.2) is 9.88 Å². The van der Waals surface area contributed by atoms with E-state index in [1.165, 1.54) is 30.5 Å². The zero-order chi connectivity index (χ0) is 15.1. The van der Waals surface area contributed by atoms with E-state index in [0.717, 1.165) is 11.0 Å². The van der Waals surface area contributed by atoms with E-state index >= 15 is 0 Å². The first-order valence-electron chi connectivity index (χ1n) is 5.85. The Hall–Kier alpha value is -2.73. The van der Waals surface area contributed by atoms with Gasteiger partial charge in [0, 0.05) is 6.20 Å². The van der Waals surface area contributed by atoms with Crippen LogP contribution in [0.2, 0.25) is 5.02 Å². The predicted octanol–water partition coefficient (Wildman–Crippen LogP) is 0.899. The lowest BCUT2D eigenvalue weighted by Gasteiger charge is -2.12. The van der Waals surface area contributed by atoms with Gasteiger partial charge in [-0.15, -0.1) is 0 Å². The fourth-order valence-electron chi connectivity index (χ4n) is 2.08. The molecule has 0 unspecified atom stereocenters. The average molecular weight is 302 g/mol. The van der Waals surface area contributed by atoms with Crippen molar-refractivity contribution in [1.29, 1.82) is 0 Å². The van der Waals surface area contributed by atoms with Gasteiger partial charge in [0.1, 0.15) is 5.82 Å². The van der Waals surface area contributed by atoms with E-state index in [2.05, 4.69) is 4.98 Å². The van der Waals surface area contributed by atoms with Crippen LogP contribution in [0.5, 0.6) is 0 Å². The Balaban J connectivity index is 2.08. The van der Waals surface area contributed by atoms with Gasteiger partial charge < -0.3 is 9.90 Å². The molecule has 0 saturated heterocycles. The first-order chi connectivity index (χ1) is 9.99. The molecule has 104 valence electrons. The highest BCUT2D eigenvalue weighted by atomic mass is 35.5. The smallest absolute Gasteiger partial charge is 0.267 e. The Bertz CT molecular complexity index is 786. The second kappa shape index (κ2) is 4.68. The number of hydrogen-bond donors (Lipinski definition) is 0. The molecule has 3 rings (SSSR count). The molecule has 0 aliphatic carbocycles. The van der Waals surface area contributed by atoms with Crippen molar-refractivity contribution in [3.05, 3.63) is 58.2 Å². The molecule has 2 heterocycles. The van der Waals surface area contributed by atoms with Crippen molar-refractivity contribution >= 4 is 35.2 Å². The Morgan fingerprint density at radius 1 is 1.10 bits per heavy atom. The molecule has 21 heavy (non-hydrogen) atoms. The van der Waals surface area contributed by atoms with Crippen molar-refractivity contribution in [3.8, 4) is 0 Å². The van der Waals surface area contributed by atoms with Crippen molar-refractivity contribution in [2.75, 3.05) is 4.90 Å². The third-order valence-electron chi connectivity index (χ3n) is 3.06. The molecule has 0 atom stereocenters. The molecule has 1 aliphatic rings. The van der Waals surface area contributed by atoms with Gasteiger partial charge in [-0.05, 0) is 29.8 Å². The molecule has 2 aromatic rings. The van der Waals surface area contributed by atoms with Crippen molar-refractivity contribution in [3.63, 3.8) is 0 Å². The monoisotopic (exact) mass is 301 g/mol. The molecule has 7 heteroatoms. The van der Waals surface area contributed by atoms with Crippen molar-refractivity contribution in [2.24, 2.45) is 0 Å². The van der Waals surface area contributed by atoms with E-state index in [1.54, 1.807) is 0 Å². The number of rotatable bonds is 2. The summed E-state index contributed by atoms with van der Waals surface area (Å²) in [6.45, 7) is 0. The molecular formula is C14H6ClN2O4-. The lowest BCUT2D eigenvalue weighted by Crippen LogP contribution is -2.30. The van der Waals surface area contributed by atoms with Crippen LogP contribution >= 0.6 is 11.6 Å². The molecule has 0 spiro atoms. The number of benzene rings is 1. The summed E-state index contributed by atoms with van der Waals surface area (Å²) < 4.78 is 0. The highest BCUT2D eigenvalue weighted by Gasteiger charge is 2.37. The van der Waals surface area contributed by atoms with Crippen LogP contribution in [-0.4, -0.2) is 22.8 Å². The molecule has 0 fully saturated rings. The zero-order valence-corrected chi connectivity index (χ0v) is 11.1. The molecule has 6 nitrogen and oxygen atoms in total. The molecule has 0 bridgehead atoms. The maximum absolute atomic E-state index is 12.3. The number of aromatic carboxylic acids is 1. The number of fused-ring (bicyclic) bond motifs is 1. The molecule has 1 aromatic carbocycles. The lowest BCUT2D eigenvalue weighted by atomic mass is 10.1. The molecule has 0 saturated carbocycles. The quantitative estimate of drug-likeness (QED) is 0.769. The summed E-state index contributed by atoms with van der Waals surface area (Å²) in [7, 11) is 0. The van der Waals surface area contributed by atoms with Crippen LogP contribution in [0.1, 0.15) is 31.1 Å². The number of halogens is 1. The Labute approximate surface area is 123 Å². The van der Waals surface area contributed by atoms with Gasteiger partial charge in [-0.2, -0.15) is 0 Å². The van der Waals surface area contributed by atoms with Gasteiger partial charge in [0.05, 0.1) is 22.1 Å². The number of carbonyl (C=O) groups is 3. The van der Waals surface area contributed by atoms with Crippen LogP contribution in [0.25, 0.3) is 0 Å². The average Bonchev–Trinajstić information content (AvgIpc) is 2.72. The van der Waals surface area contributed by atoms with Crippen molar-refractivity contribution in [1.82, 2.24) is 4.98 Å². The maximum atomic E-state index is 12.3. The molecular weight excluding hydrogens is 296 g/mol. The minimum absolute atomic E-state index is 0.0125. The van der Waals surface area contributed by atoms with E-state index in [-0.39, 0.29) is 22.5 Å². The number of aromatic nitrogens is 1. The number of anilines is 1. The van der Waals surface area contributed by atoms with Crippen LogP contribution in [0, 0.1) is 0 Å². The number of imide groups is 1. The summed E-state index contributed by atoms with van der Waals surface area (Å²) in [6, 6.07) is 6.57. The van der Waals surface area contributed by atoms with Gasteiger partial charge in [-0.3, -0.25) is 9.59 Å². The minimum atomic E-state index is -1.42. The van der Waals surface area contributed by atoms with Gasteiger partial charge >= 0.3 is 0 Å². The first-order valence-corrected chi connectivity index (χ1v) is 6.22. The van der Waals surface area contributed by atoms with E-state index in [0.29, 0.717) is 5.02 Å². The van der Waals surface area contributed by atoms with Gasteiger partial charge in [0.15, 0.2) is 0 Å². The minimum Gasteiger partial charge on any atom is -0.545 e. The second-order valence-corrected chi connectivity index (χ2v) is 4.76. The summed E-state index contributed by atoms with van der Waals surface area (Å²) in [4.78, 5) is 40.2. The SMILES string of the molecule is O=C([O-])c1ccc2c(c1)C(=O)N(c1ccc(Cl)cn1)C2=O. The van der Waals surface area contributed by atoms with Gasteiger partial charge in [-0.1, -0.05) is 17.7 Å². The van der Waals surface area contributed by atoms with E-state index in [1.807, 2.05) is 0 Å². The molecule has 0 radical (unpaired) electrons. The molecule has 1 aliphatic heterocycles. The predicted molar refractivity (Wildman–Crippen MR) is 71.2 cm³/mol. The standard InChI is InChI=1S/C14H7ClN2O4/c15-8-2-4-11(16-6-8)17-12(18)9-3-1-7(14(20)21)5-10(9)13(17)19/h1-6H,(H,20,21)/p-1. The van der Waals surface area contributed by atoms with Crippen LogP contribution in [0.4, 0.5) is 5.82 Å². The van der Waals surface area contributed by atoms with Gasteiger partial charge in [0.2, 0.25) is 0 Å². The van der Waals surface area contributed by atoms with Crippen molar-refractivity contribution in [2.45, 2.75) is 0 Å². The number of pyridine rings is 1. The third kappa shape index (κ3) is 2.05. The Kier molecular flexibility index (Phi) is 2.95. The summed E-state index contributed by atoms with van der Waals surface area (Å²) in [5.74, 6) is -2.48. The van der Waals surface area contributed by atoms with E-state index in [9.17, 15) is 19.5 Å². The number of carboxylic acid groups (broad SMARTS) is 1. The first kappa shape index (κ1) is 13.3. The van der Waals surface area contributed by atoms with Crippen molar-refractivity contribution < 1.29 is 19.5 Å². The maximum Gasteiger partial charge on any atom is 0.267 e. The second-order valence-electron chi connectivity index (χ2n) is 4.33. The Morgan fingerprint density at radius 3 is 2.43 bits per heavy atom. The Morgan fingerprint density at radius 2 is 1.81 bits per heavy atom. The lowest BCUT2D eigenvalue weighted by molar-refractivity contribution is -0.255. The molecule has 2 amide bonds. The van der Waals surface area contributed by atoms with Crippen LogP contribution in [0.3, 0.4) is 0 Å².